The van der Waals surface area contributed by atoms with E-state index < -0.39 is 0 Å². The number of primary amides is 1. The van der Waals surface area contributed by atoms with E-state index in [1.165, 1.54) is 11.1 Å². The molecule has 1 aromatic rings. The van der Waals surface area contributed by atoms with Gasteiger partial charge in [-0.05, 0) is 37.1 Å². The van der Waals surface area contributed by atoms with Gasteiger partial charge in [0.05, 0.1) is 20.3 Å². The average molecular weight is 321 g/mol. The monoisotopic (exact) mass is 321 g/mol. The summed E-state index contributed by atoms with van der Waals surface area (Å²) < 4.78 is 10.7. The molecule has 1 aliphatic rings. The van der Waals surface area contributed by atoms with Crippen LogP contribution >= 0.6 is 0 Å². The molecule has 1 amide bonds. The number of rotatable bonds is 6. The Labute approximate surface area is 138 Å². The fraction of sp³-hybridized carbons (Fsp3) is 0.588. The number of methoxy groups -OCH3 is 2. The molecule has 6 heteroatoms. The maximum atomic E-state index is 11.3. The number of aryl methyl sites for hydroxylation is 1. The molecule has 6 nitrogen and oxygen atoms in total. The number of carbonyl (C=O) groups excluding carboxylic acids is 1. The molecule has 1 saturated heterocycles. The number of ether oxygens (including phenoxy) is 2. The van der Waals surface area contributed by atoms with Crippen molar-refractivity contribution >= 4 is 5.91 Å². The van der Waals surface area contributed by atoms with Gasteiger partial charge in [-0.15, -0.1) is 0 Å². The molecular formula is C17H27N3O3. The Hall–Kier alpha value is -1.79. The molecule has 1 aromatic carbocycles. The first-order chi connectivity index (χ1) is 11.0. The molecule has 0 aliphatic carbocycles. The molecule has 0 aromatic heterocycles. The van der Waals surface area contributed by atoms with Crippen molar-refractivity contribution in [2.45, 2.75) is 26.4 Å². The standard InChI is InChI=1S/C17H27N3O3/c1-12-9-15(22-3)16(23-4)10-14(12)11-19-5-7-20(8-6-19)13(2)17(18)21/h9-10,13H,5-8,11H2,1-4H3,(H2,18,21)/t13-/m0/s1. The van der Waals surface area contributed by atoms with Crippen LogP contribution in [-0.2, 0) is 11.3 Å². The van der Waals surface area contributed by atoms with Gasteiger partial charge in [0.1, 0.15) is 0 Å². The highest BCUT2D eigenvalue weighted by atomic mass is 16.5. The summed E-state index contributed by atoms with van der Waals surface area (Å²) in [6.45, 7) is 8.38. The molecule has 0 radical (unpaired) electrons. The zero-order chi connectivity index (χ0) is 17.0. The number of amides is 1. The van der Waals surface area contributed by atoms with E-state index in [0.29, 0.717) is 0 Å². The minimum Gasteiger partial charge on any atom is -0.493 e. The summed E-state index contributed by atoms with van der Waals surface area (Å²) in [6.07, 6.45) is 0. The fourth-order valence-electron chi connectivity index (χ4n) is 2.92. The molecule has 2 rings (SSSR count). The average Bonchev–Trinajstić information content (AvgIpc) is 2.56. The molecule has 1 heterocycles. The van der Waals surface area contributed by atoms with Gasteiger partial charge in [0.15, 0.2) is 11.5 Å². The van der Waals surface area contributed by atoms with Crippen LogP contribution in [0.4, 0.5) is 0 Å². The predicted octanol–water partition coefficient (Wildman–Crippen LogP) is 1.00. The predicted molar refractivity (Wildman–Crippen MR) is 89.8 cm³/mol. The van der Waals surface area contributed by atoms with Gasteiger partial charge in [-0.25, -0.2) is 0 Å². The molecule has 1 aliphatic heterocycles. The SMILES string of the molecule is COc1cc(C)c(CN2CCN([C@@H](C)C(N)=O)CC2)cc1OC. The summed E-state index contributed by atoms with van der Waals surface area (Å²) >= 11 is 0. The summed E-state index contributed by atoms with van der Waals surface area (Å²) in [5, 5.41) is 0. The van der Waals surface area contributed by atoms with Crippen LogP contribution in [0.2, 0.25) is 0 Å². The van der Waals surface area contributed by atoms with Gasteiger partial charge in [-0.3, -0.25) is 14.6 Å². The Morgan fingerprint density at radius 2 is 1.74 bits per heavy atom. The Bertz CT molecular complexity index is 554. The van der Waals surface area contributed by atoms with Crippen LogP contribution in [0, 0.1) is 6.92 Å². The lowest BCUT2D eigenvalue weighted by molar-refractivity contribution is -0.123. The smallest absolute Gasteiger partial charge is 0.234 e. The molecule has 0 unspecified atom stereocenters. The van der Waals surface area contributed by atoms with E-state index in [9.17, 15) is 4.79 Å². The molecule has 23 heavy (non-hydrogen) atoms. The summed E-state index contributed by atoms with van der Waals surface area (Å²) in [4.78, 5) is 15.8. The molecule has 2 N–H and O–H groups in total. The zero-order valence-electron chi connectivity index (χ0n) is 14.5. The number of piperazine rings is 1. The first-order valence-corrected chi connectivity index (χ1v) is 7.93. The van der Waals surface area contributed by atoms with E-state index in [2.05, 4.69) is 16.7 Å². The molecule has 0 bridgehead atoms. The summed E-state index contributed by atoms with van der Waals surface area (Å²) in [7, 11) is 3.30. The number of nitrogens with zero attached hydrogens (tertiary/aromatic N) is 2. The lowest BCUT2D eigenvalue weighted by atomic mass is 10.1. The molecule has 0 spiro atoms. The van der Waals surface area contributed by atoms with Crippen molar-refractivity contribution in [3.05, 3.63) is 23.3 Å². The lowest BCUT2D eigenvalue weighted by Gasteiger charge is -2.37. The van der Waals surface area contributed by atoms with Gasteiger partial charge in [-0.2, -0.15) is 0 Å². The number of hydrogen-bond donors (Lipinski definition) is 1. The molecular weight excluding hydrogens is 294 g/mol. The van der Waals surface area contributed by atoms with E-state index in [1.807, 2.05) is 19.1 Å². The second kappa shape index (κ2) is 7.66. The van der Waals surface area contributed by atoms with Crippen LogP contribution in [0.3, 0.4) is 0 Å². The van der Waals surface area contributed by atoms with Gasteiger partial charge in [0.2, 0.25) is 5.91 Å². The van der Waals surface area contributed by atoms with E-state index in [4.69, 9.17) is 15.2 Å². The number of benzene rings is 1. The summed E-state index contributed by atoms with van der Waals surface area (Å²) in [5.41, 5.74) is 7.81. The van der Waals surface area contributed by atoms with Crippen LogP contribution in [-0.4, -0.2) is 62.1 Å². The Morgan fingerprint density at radius 3 is 2.26 bits per heavy atom. The third kappa shape index (κ3) is 4.14. The van der Waals surface area contributed by atoms with Crippen LogP contribution in [0.1, 0.15) is 18.1 Å². The maximum absolute atomic E-state index is 11.3. The Kier molecular flexibility index (Phi) is 5.85. The minimum absolute atomic E-state index is 0.194. The van der Waals surface area contributed by atoms with Gasteiger partial charge >= 0.3 is 0 Å². The topological polar surface area (TPSA) is 68.0 Å². The summed E-state index contributed by atoms with van der Waals surface area (Å²) in [6, 6.07) is 3.87. The maximum Gasteiger partial charge on any atom is 0.234 e. The third-order valence-corrected chi connectivity index (χ3v) is 4.60. The highest BCUT2D eigenvalue weighted by molar-refractivity contribution is 5.79. The first kappa shape index (κ1) is 17.6. The summed E-state index contributed by atoms with van der Waals surface area (Å²) in [5.74, 6) is 1.26. The Balaban J connectivity index is 2.00. The van der Waals surface area contributed by atoms with Crippen LogP contribution < -0.4 is 15.2 Å². The highest BCUT2D eigenvalue weighted by Crippen LogP contribution is 2.31. The van der Waals surface area contributed by atoms with Crippen LogP contribution in [0.15, 0.2) is 12.1 Å². The fourth-order valence-corrected chi connectivity index (χ4v) is 2.92. The third-order valence-electron chi connectivity index (χ3n) is 4.60. The second-order valence-electron chi connectivity index (χ2n) is 6.02. The van der Waals surface area contributed by atoms with E-state index in [1.54, 1.807) is 14.2 Å². The minimum atomic E-state index is -0.255. The number of nitrogens with two attached hydrogens (primary N) is 1. The van der Waals surface area contributed by atoms with Crippen LogP contribution in [0.25, 0.3) is 0 Å². The van der Waals surface area contributed by atoms with E-state index >= 15 is 0 Å². The van der Waals surface area contributed by atoms with Crippen LogP contribution in [0.5, 0.6) is 11.5 Å². The quantitative estimate of drug-likeness (QED) is 0.847. The number of hydrogen-bond acceptors (Lipinski definition) is 5. The van der Waals surface area contributed by atoms with Gasteiger partial charge in [0.25, 0.3) is 0 Å². The van der Waals surface area contributed by atoms with Crippen molar-refractivity contribution in [2.75, 3.05) is 40.4 Å². The first-order valence-electron chi connectivity index (χ1n) is 7.93. The molecule has 128 valence electrons. The molecule has 0 saturated carbocycles. The highest BCUT2D eigenvalue weighted by Gasteiger charge is 2.24. The van der Waals surface area contributed by atoms with E-state index in [0.717, 1.165) is 44.2 Å². The lowest BCUT2D eigenvalue weighted by Crippen LogP contribution is -2.52. The molecule has 1 fully saturated rings. The molecule has 1 atom stereocenters. The van der Waals surface area contributed by atoms with Gasteiger partial charge < -0.3 is 15.2 Å². The van der Waals surface area contributed by atoms with Crippen molar-refractivity contribution in [3.63, 3.8) is 0 Å². The van der Waals surface area contributed by atoms with Crippen molar-refractivity contribution < 1.29 is 14.3 Å². The van der Waals surface area contributed by atoms with Crippen molar-refractivity contribution in [1.82, 2.24) is 9.80 Å². The zero-order valence-corrected chi connectivity index (χ0v) is 14.5. The number of carbonyl (C=O) groups is 1. The van der Waals surface area contributed by atoms with Crippen molar-refractivity contribution in [1.29, 1.82) is 0 Å². The van der Waals surface area contributed by atoms with Crippen molar-refractivity contribution in [3.8, 4) is 11.5 Å². The van der Waals surface area contributed by atoms with Gasteiger partial charge in [0, 0.05) is 32.7 Å². The van der Waals surface area contributed by atoms with Gasteiger partial charge in [-0.1, -0.05) is 0 Å². The van der Waals surface area contributed by atoms with E-state index in [-0.39, 0.29) is 11.9 Å². The Morgan fingerprint density at radius 1 is 1.17 bits per heavy atom. The van der Waals surface area contributed by atoms with Crippen molar-refractivity contribution in [2.24, 2.45) is 5.73 Å². The normalized spacial score (nSPS) is 17.7. The second-order valence-corrected chi connectivity index (χ2v) is 6.02. The largest absolute Gasteiger partial charge is 0.493 e.